The number of nitrogens with one attached hydrogen (secondary N) is 1. The van der Waals surface area contributed by atoms with Crippen LogP contribution in [0.3, 0.4) is 0 Å². The van der Waals surface area contributed by atoms with E-state index >= 15 is 0 Å². The monoisotopic (exact) mass is 406 g/mol. The molecule has 2 aromatic rings. The van der Waals surface area contributed by atoms with Crippen LogP contribution in [0.4, 0.5) is 10.1 Å². The van der Waals surface area contributed by atoms with Crippen LogP contribution in [-0.4, -0.2) is 32.7 Å². The van der Waals surface area contributed by atoms with Crippen LogP contribution < -0.4 is 9.62 Å². The molecule has 0 saturated carbocycles. The second-order valence-corrected chi connectivity index (χ2v) is 9.42. The number of carbonyl (C=O) groups excluding carboxylic acids is 1. The van der Waals surface area contributed by atoms with Crippen molar-refractivity contribution in [1.82, 2.24) is 5.32 Å². The van der Waals surface area contributed by atoms with Crippen LogP contribution >= 0.6 is 0 Å². The molecular formula is C21H27FN2O3S. The number of hydrogen-bond acceptors (Lipinski definition) is 3. The van der Waals surface area contributed by atoms with Crippen LogP contribution in [0.2, 0.25) is 0 Å². The number of nitrogens with zero attached hydrogens (tertiary/aromatic N) is 1. The highest BCUT2D eigenvalue weighted by Crippen LogP contribution is 2.19. The van der Waals surface area contributed by atoms with Gasteiger partial charge >= 0.3 is 0 Å². The zero-order chi connectivity index (χ0) is 20.8. The van der Waals surface area contributed by atoms with E-state index in [0.717, 1.165) is 11.8 Å². The highest BCUT2D eigenvalue weighted by atomic mass is 32.2. The summed E-state index contributed by atoms with van der Waals surface area (Å²) in [5.41, 5.74) is 1.10. The fraction of sp³-hybridized carbons (Fsp3) is 0.381. The van der Waals surface area contributed by atoms with Crippen LogP contribution in [-0.2, 0) is 21.2 Å². The lowest BCUT2D eigenvalue weighted by atomic mass is 9.94. The molecule has 5 nitrogen and oxygen atoms in total. The van der Waals surface area contributed by atoms with Crippen LogP contribution in [0.15, 0.2) is 54.6 Å². The van der Waals surface area contributed by atoms with Gasteiger partial charge in [-0.25, -0.2) is 12.8 Å². The average Bonchev–Trinajstić information content (AvgIpc) is 2.59. The molecular weight excluding hydrogens is 379 g/mol. The molecule has 2 aromatic carbocycles. The first kappa shape index (κ1) is 21.9. The van der Waals surface area contributed by atoms with Crippen molar-refractivity contribution < 1.29 is 17.6 Å². The zero-order valence-electron chi connectivity index (χ0n) is 16.5. The Balaban J connectivity index is 1.91. The SMILES string of the molecule is CC(C)(Cc1ccccc1)NC(=O)CCCN(c1ccc(F)cc1)S(C)(=O)=O. The van der Waals surface area contributed by atoms with Crippen molar-refractivity contribution in [3.8, 4) is 0 Å². The second kappa shape index (κ2) is 9.19. The normalized spacial score (nSPS) is 11.9. The van der Waals surface area contributed by atoms with Gasteiger partial charge in [-0.05, 0) is 56.5 Å². The predicted molar refractivity (Wildman–Crippen MR) is 110 cm³/mol. The fourth-order valence-electron chi connectivity index (χ4n) is 3.07. The molecule has 0 radical (unpaired) electrons. The molecule has 1 amide bonds. The molecule has 28 heavy (non-hydrogen) atoms. The molecule has 0 aliphatic heterocycles. The first-order valence-corrected chi connectivity index (χ1v) is 11.0. The van der Waals surface area contributed by atoms with Gasteiger partial charge < -0.3 is 5.32 Å². The molecule has 0 atom stereocenters. The summed E-state index contributed by atoms with van der Waals surface area (Å²) in [7, 11) is -3.53. The topological polar surface area (TPSA) is 66.5 Å². The molecule has 1 N–H and O–H groups in total. The van der Waals surface area contributed by atoms with Crippen molar-refractivity contribution in [2.45, 2.75) is 38.6 Å². The van der Waals surface area contributed by atoms with E-state index in [4.69, 9.17) is 0 Å². The van der Waals surface area contributed by atoms with Crippen LogP contribution in [0.25, 0.3) is 0 Å². The van der Waals surface area contributed by atoms with E-state index in [2.05, 4.69) is 5.32 Å². The Bertz CT molecular complexity index is 882. The van der Waals surface area contributed by atoms with E-state index in [0.29, 0.717) is 18.5 Å². The fourth-order valence-corrected chi connectivity index (χ4v) is 4.03. The molecule has 0 aliphatic carbocycles. The minimum atomic E-state index is -3.53. The molecule has 0 saturated heterocycles. The van der Waals surface area contributed by atoms with E-state index in [-0.39, 0.29) is 18.9 Å². The summed E-state index contributed by atoms with van der Waals surface area (Å²) >= 11 is 0. The third-order valence-electron chi connectivity index (χ3n) is 4.25. The largest absolute Gasteiger partial charge is 0.351 e. The molecule has 0 aromatic heterocycles. The number of rotatable bonds is 9. The Hall–Kier alpha value is -2.41. The first-order valence-electron chi connectivity index (χ1n) is 9.15. The van der Waals surface area contributed by atoms with Crippen LogP contribution in [0.1, 0.15) is 32.3 Å². The number of amides is 1. The number of halogens is 1. The number of hydrogen-bond donors (Lipinski definition) is 1. The molecule has 2 rings (SSSR count). The summed E-state index contributed by atoms with van der Waals surface area (Å²) in [4.78, 5) is 12.3. The Morgan fingerprint density at radius 2 is 1.68 bits per heavy atom. The van der Waals surface area contributed by atoms with Gasteiger partial charge in [-0.3, -0.25) is 9.10 Å². The van der Waals surface area contributed by atoms with Gasteiger partial charge in [0.15, 0.2) is 0 Å². The second-order valence-electron chi connectivity index (χ2n) is 7.51. The van der Waals surface area contributed by atoms with Gasteiger partial charge in [0.1, 0.15) is 5.82 Å². The van der Waals surface area contributed by atoms with Gasteiger partial charge in [0.25, 0.3) is 0 Å². The van der Waals surface area contributed by atoms with Gasteiger partial charge in [0.2, 0.25) is 15.9 Å². The van der Waals surface area contributed by atoms with Crippen molar-refractivity contribution in [3.63, 3.8) is 0 Å². The van der Waals surface area contributed by atoms with E-state index in [1.54, 1.807) is 0 Å². The summed E-state index contributed by atoms with van der Waals surface area (Å²) in [5.74, 6) is -0.564. The van der Waals surface area contributed by atoms with Crippen molar-refractivity contribution in [1.29, 1.82) is 0 Å². The zero-order valence-corrected chi connectivity index (χ0v) is 17.3. The molecule has 7 heteroatoms. The maximum Gasteiger partial charge on any atom is 0.232 e. The van der Waals surface area contributed by atoms with Gasteiger partial charge in [-0.2, -0.15) is 0 Å². The Morgan fingerprint density at radius 3 is 2.25 bits per heavy atom. The smallest absolute Gasteiger partial charge is 0.232 e. The quantitative estimate of drug-likeness (QED) is 0.693. The predicted octanol–water partition coefficient (Wildman–Crippen LogP) is 3.51. The maximum atomic E-state index is 13.1. The molecule has 0 spiro atoms. The molecule has 0 bridgehead atoms. The van der Waals surface area contributed by atoms with E-state index in [1.165, 1.54) is 28.6 Å². The minimum Gasteiger partial charge on any atom is -0.351 e. The lowest BCUT2D eigenvalue weighted by Crippen LogP contribution is -2.45. The van der Waals surface area contributed by atoms with Gasteiger partial charge in [-0.1, -0.05) is 30.3 Å². The van der Waals surface area contributed by atoms with E-state index < -0.39 is 21.4 Å². The minimum absolute atomic E-state index is 0.131. The summed E-state index contributed by atoms with van der Waals surface area (Å²) in [5, 5.41) is 3.01. The number of carbonyl (C=O) groups is 1. The number of sulfonamides is 1. The number of anilines is 1. The Labute approximate surface area is 166 Å². The van der Waals surface area contributed by atoms with Gasteiger partial charge in [0.05, 0.1) is 11.9 Å². The van der Waals surface area contributed by atoms with E-state index in [9.17, 15) is 17.6 Å². The highest BCUT2D eigenvalue weighted by Gasteiger charge is 2.22. The maximum absolute atomic E-state index is 13.1. The van der Waals surface area contributed by atoms with Gasteiger partial charge in [-0.15, -0.1) is 0 Å². The highest BCUT2D eigenvalue weighted by molar-refractivity contribution is 7.92. The molecule has 152 valence electrons. The lowest BCUT2D eigenvalue weighted by Gasteiger charge is -2.27. The summed E-state index contributed by atoms with van der Waals surface area (Å²) in [6, 6.07) is 15.2. The third kappa shape index (κ3) is 6.96. The summed E-state index contributed by atoms with van der Waals surface area (Å²) in [6.45, 7) is 4.06. The molecule has 0 aliphatic rings. The molecule has 0 heterocycles. The molecule has 0 unspecified atom stereocenters. The summed E-state index contributed by atoms with van der Waals surface area (Å²) in [6.07, 6.45) is 2.35. The standard InChI is InChI=1S/C21H27FN2O3S/c1-21(2,16-17-8-5-4-6-9-17)23-20(25)10-7-15-24(28(3,26)27)19-13-11-18(22)12-14-19/h4-6,8-9,11-14H,7,10,15-16H2,1-3H3,(H,23,25). The Morgan fingerprint density at radius 1 is 1.07 bits per heavy atom. The van der Waals surface area contributed by atoms with Gasteiger partial charge in [0, 0.05) is 18.5 Å². The van der Waals surface area contributed by atoms with Crippen molar-refractivity contribution >= 4 is 21.6 Å². The van der Waals surface area contributed by atoms with E-state index in [1.807, 2.05) is 44.2 Å². The van der Waals surface area contributed by atoms with Crippen LogP contribution in [0, 0.1) is 5.82 Å². The first-order chi connectivity index (χ1) is 13.1. The third-order valence-corrected chi connectivity index (χ3v) is 5.44. The number of benzene rings is 2. The Kier molecular flexibility index (Phi) is 7.18. The van der Waals surface area contributed by atoms with Crippen molar-refractivity contribution in [3.05, 3.63) is 66.0 Å². The lowest BCUT2D eigenvalue weighted by molar-refractivity contribution is -0.122. The van der Waals surface area contributed by atoms with Crippen molar-refractivity contribution in [2.24, 2.45) is 0 Å². The van der Waals surface area contributed by atoms with Crippen molar-refractivity contribution in [2.75, 3.05) is 17.1 Å². The van der Waals surface area contributed by atoms with Crippen LogP contribution in [0.5, 0.6) is 0 Å². The summed E-state index contributed by atoms with van der Waals surface area (Å²) < 4.78 is 38.4. The molecule has 0 fully saturated rings. The average molecular weight is 407 g/mol.